The molecule has 0 atom stereocenters. The van der Waals surface area contributed by atoms with E-state index in [4.69, 9.17) is 9.40 Å². The van der Waals surface area contributed by atoms with Crippen LogP contribution in [0.5, 0.6) is 0 Å². The molecule has 0 bridgehead atoms. The molecule has 5 nitrogen and oxygen atoms in total. The zero-order valence-corrected chi connectivity index (χ0v) is 19.2. The van der Waals surface area contributed by atoms with Crippen LogP contribution in [-0.4, -0.2) is 28.9 Å². The second kappa shape index (κ2) is 8.51. The first kappa shape index (κ1) is 20.9. The van der Waals surface area contributed by atoms with Crippen LogP contribution in [0.3, 0.4) is 0 Å². The number of para-hydroxylation sites is 1. The van der Waals surface area contributed by atoms with Crippen molar-refractivity contribution in [2.24, 2.45) is 0 Å². The summed E-state index contributed by atoms with van der Waals surface area (Å²) in [4.78, 5) is 32.1. The molecule has 5 rings (SSSR count). The van der Waals surface area contributed by atoms with Crippen LogP contribution < -0.4 is 5.63 Å². The summed E-state index contributed by atoms with van der Waals surface area (Å²) in [7, 11) is 0. The first-order valence-electron chi connectivity index (χ1n) is 11.2. The van der Waals surface area contributed by atoms with E-state index < -0.39 is 0 Å². The van der Waals surface area contributed by atoms with E-state index in [-0.39, 0.29) is 11.5 Å². The van der Waals surface area contributed by atoms with Crippen LogP contribution in [0.15, 0.2) is 51.7 Å². The highest BCUT2D eigenvalue weighted by molar-refractivity contribution is 7.18. The fraction of sp³-hybridized carbons (Fsp3) is 0.346. The van der Waals surface area contributed by atoms with Gasteiger partial charge in [-0.05, 0) is 62.4 Å². The second-order valence-electron chi connectivity index (χ2n) is 8.67. The maximum Gasteiger partial charge on any atom is 0.339 e. The van der Waals surface area contributed by atoms with E-state index in [1.54, 1.807) is 11.3 Å². The van der Waals surface area contributed by atoms with Gasteiger partial charge in [-0.25, -0.2) is 9.78 Å². The van der Waals surface area contributed by atoms with Crippen LogP contribution >= 0.6 is 11.3 Å². The predicted molar refractivity (Wildman–Crippen MR) is 128 cm³/mol. The molecule has 6 heteroatoms. The van der Waals surface area contributed by atoms with Crippen molar-refractivity contribution in [2.45, 2.75) is 45.4 Å². The number of aryl methyl sites for hydroxylation is 2. The van der Waals surface area contributed by atoms with Crippen molar-refractivity contribution in [3.05, 3.63) is 74.6 Å². The number of rotatable bonds is 4. The number of hydrogen-bond donors (Lipinski definition) is 0. The van der Waals surface area contributed by atoms with E-state index in [9.17, 15) is 9.59 Å². The lowest BCUT2D eigenvalue weighted by Crippen LogP contribution is -2.38. The summed E-state index contributed by atoms with van der Waals surface area (Å²) >= 11 is 1.77. The SMILES string of the molecule is Cc1ccc2c(C)c(CCC(=O)N3CCC(c4nc5ccccc5s4)CC3)c(=O)oc2c1. The molecule has 1 fully saturated rings. The Hall–Kier alpha value is -2.99. The third kappa shape index (κ3) is 3.95. The number of piperidine rings is 1. The number of hydrogen-bond acceptors (Lipinski definition) is 5. The summed E-state index contributed by atoms with van der Waals surface area (Å²) in [6, 6.07) is 14.1. The number of thiazole rings is 1. The maximum absolute atomic E-state index is 12.9. The lowest BCUT2D eigenvalue weighted by molar-refractivity contribution is -0.132. The van der Waals surface area contributed by atoms with Crippen molar-refractivity contribution in [2.75, 3.05) is 13.1 Å². The summed E-state index contributed by atoms with van der Waals surface area (Å²) in [5.74, 6) is 0.519. The summed E-state index contributed by atoms with van der Waals surface area (Å²) < 4.78 is 6.76. The van der Waals surface area contributed by atoms with Crippen LogP contribution in [0.4, 0.5) is 0 Å². The van der Waals surface area contributed by atoms with Crippen molar-refractivity contribution in [3.8, 4) is 0 Å². The minimum Gasteiger partial charge on any atom is -0.423 e. The van der Waals surface area contributed by atoms with Gasteiger partial charge in [-0.15, -0.1) is 11.3 Å². The van der Waals surface area contributed by atoms with Crippen molar-refractivity contribution in [1.29, 1.82) is 0 Å². The Balaban J connectivity index is 1.23. The van der Waals surface area contributed by atoms with E-state index in [1.807, 2.05) is 49.1 Å². The minimum absolute atomic E-state index is 0.107. The Labute approximate surface area is 190 Å². The highest BCUT2D eigenvalue weighted by atomic mass is 32.1. The van der Waals surface area contributed by atoms with Crippen molar-refractivity contribution in [1.82, 2.24) is 9.88 Å². The molecule has 0 aliphatic carbocycles. The minimum atomic E-state index is -0.331. The van der Waals surface area contributed by atoms with Gasteiger partial charge < -0.3 is 9.32 Å². The Morgan fingerprint density at radius 2 is 1.94 bits per heavy atom. The normalized spacial score (nSPS) is 15.0. The molecule has 2 aromatic heterocycles. The lowest BCUT2D eigenvalue weighted by Gasteiger charge is -2.31. The predicted octanol–water partition coefficient (Wildman–Crippen LogP) is 5.36. The molecule has 3 heterocycles. The zero-order valence-electron chi connectivity index (χ0n) is 18.4. The Bertz CT molecular complexity index is 1330. The van der Waals surface area contributed by atoms with Crippen LogP contribution in [0.25, 0.3) is 21.2 Å². The number of benzene rings is 2. The monoisotopic (exact) mass is 446 g/mol. The fourth-order valence-corrected chi connectivity index (χ4v) is 5.76. The molecule has 0 saturated carbocycles. The number of aromatic nitrogens is 1. The molecule has 2 aromatic carbocycles. The topological polar surface area (TPSA) is 63.4 Å². The van der Waals surface area contributed by atoms with Crippen LogP contribution in [0.2, 0.25) is 0 Å². The van der Waals surface area contributed by atoms with Crippen molar-refractivity contribution < 1.29 is 9.21 Å². The smallest absolute Gasteiger partial charge is 0.339 e. The second-order valence-corrected chi connectivity index (χ2v) is 9.73. The molecular formula is C26H26N2O3S. The molecule has 0 radical (unpaired) electrons. The molecule has 0 N–H and O–H groups in total. The summed E-state index contributed by atoms with van der Waals surface area (Å²) in [5, 5.41) is 2.12. The average molecular weight is 447 g/mol. The van der Waals surface area contributed by atoms with E-state index >= 15 is 0 Å². The molecule has 0 unspecified atom stereocenters. The van der Waals surface area contributed by atoms with Crippen LogP contribution in [0, 0.1) is 13.8 Å². The van der Waals surface area contributed by atoms with E-state index in [2.05, 4.69) is 12.1 Å². The van der Waals surface area contributed by atoms with Gasteiger partial charge in [-0.3, -0.25) is 4.79 Å². The van der Waals surface area contributed by atoms with Gasteiger partial charge in [-0.2, -0.15) is 0 Å². The van der Waals surface area contributed by atoms with Gasteiger partial charge in [0.05, 0.1) is 15.2 Å². The molecule has 32 heavy (non-hydrogen) atoms. The highest BCUT2D eigenvalue weighted by Gasteiger charge is 2.26. The largest absolute Gasteiger partial charge is 0.423 e. The molecule has 0 spiro atoms. The summed E-state index contributed by atoms with van der Waals surface area (Å²) in [6.45, 7) is 5.40. The third-order valence-electron chi connectivity index (χ3n) is 6.54. The summed E-state index contributed by atoms with van der Waals surface area (Å²) in [5.41, 5.74) is 3.92. The van der Waals surface area contributed by atoms with Gasteiger partial charge in [0.2, 0.25) is 5.91 Å². The Morgan fingerprint density at radius 3 is 2.72 bits per heavy atom. The molecule has 1 saturated heterocycles. The standard InChI is InChI=1S/C26H26N2O3S/c1-16-7-8-19-17(2)20(26(30)31-22(19)15-16)9-10-24(29)28-13-11-18(12-14-28)25-27-21-5-3-4-6-23(21)32-25/h3-8,15,18H,9-14H2,1-2H3. The van der Waals surface area contributed by atoms with Gasteiger partial charge in [0.15, 0.2) is 0 Å². The Morgan fingerprint density at radius 1 is 1.16 bits per heavy atom. The van der Waals surface area contributed by atoms with E-state index in [0.29, 0.717) is 29.9 Å². The molecule has 164 valence electrons. The first-order chi connectivity index (χ1) is 15.5. The molecular weight excluding hydrogens is 420 g/mol. The number of nitrogens with zero attached hydrogens (tertiary/aromatic N) is 2. The third-order valence-corrected chi connectivity index (χ3v) is 7.74. The van der Waals surface area contributed by atoms with Crippen molar-refractivity contribution in [3.63, 3.8) is 0 Å². The molecule has 4 aromatic rings. The zero-order chi connectivity index (χ0) is 22.2. The molecule has 1 aliphatic heterocycles. The van der Waals surface area contributed by atoms with Gasteiger partial charge in [-0.1, -0.05) is 24.3 Å². The number of carbonyl (C=O) groups is 1. The van der Waals surface area contributed by atoms with Gasteiger partial charge in [0.25, 0.3) is 0 Å². The molecule has 1 amide bonds. The summed E-state index contributed by atoms with van der Waals surface area (Å²) in [6.07, 6.45) is 2.60. The van der Waals surface area contributed by atoms with E-state index in [0.717, 1.165) is 48.0 Å². The number of amides is 1. The highest BCUT2D eigenvalue weighted by Crippen LogP contribution is 2.34. The number of carbonyl (C=O) groups excluding carboxylic acids is 1. The number of fused-ring (bicyclic) bond motifs is 2. The first-order valence-corrected chi connectivity index (χ1v) is 12.0. The van der Waals surface area contributed by atoms with Gasteiger partial charge in [0.1, 0.15) is 5.58 Å². The fourth-order valence-electron chi connectivity index (χ4n) is 4.62. The van der Waals surface area contributed by atoms with Crippen molar-refractivity contribution >= 4 is 38.4 Å². The molecule has 1 aliphatic rings. The lowest BCUT2D eigenvalue weighted by atomic mass is 9.96. The van der Waals surface area contributed by atoms with Crippen LogP contribution in [-0.2, 0) is 11.2 Å². The van der Waals surface area contributed by atoms with Gasteiger partial charge >= 0.3 is 5.63 Å². The maximum atomic E-state index is 12.9. The van der Waals surface area contributed by atoms with E-state index in [1.165, 1.54) is 9.71 Å². The average Bonchev–Trinajstić information content (AvgIpc) is 3.23. The Kier molecular flexibility index (Phi) is 5.55. The van der Waals surface area contributed by atoms with Crippen LogP contribution in [0.1, 0.15) is 46.9 Å². The quantitative estimate of drug-likeness (QED) is 0.396. The number of likely N-dealkylation sites (tertiary alicyclic amines) is 1. The van der Waals surface area contributed by atoms with Gasteiger partial charge in [0, 0.05) is 36.4 Å².